The first-order valence-corrected chi connectivity index (χ1v) is 9.51. The van der Waals surface area contributed by atoms with E-state index in [1.807, 2.05) is 11.8 Å². The maximum Gasteiger partial charge on any atom is 0.169 e. The van der Waals surface area contributed by atoms with Crippen LogP contribution in [0.1, 0.15) is 24.8 Å². The lowest BCUT2D eigenvalue weighted by Gasteiger charge is -2.47. The molecule has 4 heteroatoms. The normalized spacial score (nSPS) is 27.9. The van der Waals surface area contributed by atoms with Crippen LogP contribution in [0.2, 0.25) is 0 Å². The summed E-state index contributed by atoms with van der Waals surface area (Å²) < 4.78 is 1.12. The molecule has 114 valence electrons. The molecule has 4 rings (SSSR count). The van der Waals surface area contributed by atoms with Crippen molar-refractivity contribution in [2.75, 3.05) is 13.1 Å². The molecule has 1 aromatic carbocycles. The van der Waals surface area contributed by atoms with Gasteiger partial charge in [0.1, 0.15) is 0 Å². The second-order valence-corrected chi connectivity index (χ2v) is 7.89. The van der Waals surface area contributed by atoms with Crippen molar-refractivity contribution in [2.45, 2.75) is 24.3 Å². The maximum atomic E-state index is 3.52. The van der Waals surface area contributed by atoms with E-state index < -0.39 is 0 Å². The predicted molar refractivity (Wildman–Crippen MR) is 98.0 cm³/mol. The van der Waals surface area contributed by atoms with Gasteiger partial charge in [-0.05, 0) is 48.1 Å². The Morgan fingerprint density at radius 1 is 1.00 bits per heavy atom. The number of allylic oxidation sites excluding steroid dienone is 2. The molecule has 0 saturated carbocycles. The molecule has 1 unspecified atom stereocenters. The summed E-state index contributed by atoms with van der Waals surface area (Å²) in [5, 5.41) is 2.32. The van der Waals surface area contributed by atoms with Gasteiger partial charge in [-0.2, -0.15) is 0 Å². The smallest absolute Gasteiger partial charge is 0.169 e. The summed E-state index contributed by atoms with van der Waals surface area (Å²) in [7, 11) is 0. The predicted octanol–water partition coefficient (Wildman–Crippen LogP) is 5.02. The van der Waals surface area contributed by atoms with Gasteiger partial charge in [0.15, 0.2) is 4.99 Å². The molecule has 0 radical (unpaired) electrons. The number of nitrogens with zero attached hydrogens (tertiary/aromatic N) is 2. The Morgan fingerprint density at radius 2 is 1.77 bits per heavy atom. The SMILES string of the molecule is Brc1ccc(C2=CSC3(N4CCCCC4)C=CC=CN23)cc1. The number of likely N-dealkylation sites (tertiary alicyclic amines) is 1. The molecular formula is C18H19BrN2S. The van der Waals surface area contributed by atoms with E-state index in [0.717, 1.165) is 4.47 Å². The number of rotatable bonds is 2. The van der Waals surface area contributed by atoms with Crippen LogP contribution in [0.3, 0.4) is 0 Å². The highest BCUT2D eigenvalue weighted by molar-refractivity contribution is 9.10. The van der Waals surface area contributed by atoms with Crippen LogP contribution in [-0.4, -0.2) is 27.9 Å². The lowest BCUT2D eigenvalue weighted by atomic mass is 10.1. The summed E-state index contributed by atoms with van der Waals surface area (Å²) in [6, 6.07) is 8.61. The molecular weight excluding hydrogens is 356 g/mol. The average Bonchev–Trinajstić information content (AvgIpc) is 2.97. The van der Waals surface area contributed by atoms with Crippen LogP contribution in [0.5, 0.6) is 0 Å². The summed E-state index contributed by atoms with van der Waals surface area (Å²) in [5.41, 5.74) is 2.57. The van der Waals surface area contributed by atoms with Gasteiger partial charge in [-0.1, -0.05) is 52.3 Å². The Kier molecular flexibility index (Phi) is 3.93. The third-order valence-electron chi connectivity index (χ3n) is 4.56. The van der Waals surface area contributed by atoms with Gasteiger partial charge in [-0.15, -0.1) is 0 Å². The summed E-state index contributed by atoms with van der Waals surface area (Å²) >= 11 is 5.45. The third kappa shape index (κ3) is 2.38. The van der Waals surface area contributed by atoms with E-state index in [1.165, 1.54) is 43.6 Å². The van der Waals surface area contributed by atoms with E-state index in [4.69, 9.17) is 0 Å². The minimum absolute atomic E-state index is 0.0580. The van der Waals surface area contributed by atoms with Gasteiger partial charge in [-0.3, -0.25) is 4.90 Å². The molecule has 22 heavy (non-hydrogen) atoms. The zero-order valence-electron chi connectivity index (χ0n) is 12.4. The maximum absolute atomic E-state index is 3.52. The minimum atomic E-state index is -0.0580. The number of fused-ring (bicyclic) bond motifs is 1. The highest BCUT2D eigenvalue weighted by Crippen LogP contribution is 2.49. The van der Waals surface area contributed by atoms with Crippen LogP contribution >= 0.6 is 27.7 Å². The summed E-state index contributed by atoms with van der Waals surface area (Å²) in [5.74, 6) is 0. The number of benzene rings is 1. The first-order chi connectivity index (χ1) is 10.8. The number of thioether (sulfide) groups is 1. The van der Waals surface area contributed by atoms with Crippen molar-refractivity contribution >= 4 is 33.4 Å². The number of piperidine rings is 1. The summed E-state index contributed by atoms with van der Waals surface area (Å²) in [6.45, 7) is 2.37. The Labute approximate surface area is 144 Å². The Morgan fingerprint density at radius 3 is 2.55 bits per heavy atom. The highest BCUT2D eigenvalue weighted by atomic mass is 79.9. The van der Waals surface area contributed by atoms with Crippen LogP contribution in [0.25, 0.3) is 5.70 Å². The van der Waals surface area contributed by atoms with Crippen molar-refractivity contribution in [1.82, 2.24) is 9.80 Å². The molecule has 3 heterocycles. The molecule has 0 N–H and O–H groups in total. The van der Waals surface area contributed by atoms with Gasteiger partial charge in [0, 0.05) is 23.8 Å². The van der Waals surface area contributed by atoms with Crippen molar-refractivity contribution in [3.8, 4) is 0 Å². The van der Waals surface area contributed by atoms with Crippen LogP contribution in [0.4, 0.5) is 0 Å². The van der Waals surface area contributed by atoms with Crippen molar-refractivity contribution in [2.24, 2.45) is 0 Å². The number of halogens is 1. The van der Waals surface area contributed by atoms with Gasteiger partial charge >= 0.3 is 0 Å². The monoisotopic (exact) mass is 374 g/mol. The molecule has 1 aromatic rings. The average molecular weight is 375 g/mol. The van der Waals surface area contributed by atoms with Gasteiger partial charge in [0.25, 0.3) is 0 Å². The number of hydrogen-bond donors (Lipinski definition) is 0. The van der Waals surface area contributed by atoms with Crippen LogP contribution in [0, 0.1) is 0 Å². The first-order valence-electron chi connectivity index (χ1n) is 7.84. The van der Waals surface area contributed by atoms with E-state index in [2.05, 4.69) is 79.8 Å². The standard InChI is InChI=1S/C18H19BrN2S/c19-16-8-6-15(7-9-16)17-14-22-18(10-2-5-13-21(17)18)20-11-3-1-4-12-20/h2,5-10,13-14H,1,3-4,11-12H2. The van der Waals surface area contributed by atoms with E-state index in [-0.39, 0.29) is 4.99 Å². The Bertz CT molecular complexity index is 644. The summed E-state index contributed by atoms with van der Waals surface area (Å²) in [4.78, 5) is 5.01. The van der Waals surface area contributed by atoms with E-state index in [0.29, 0.717) is 0 Å². The van der Waals surface area contributed by atoms with Crippen molar-refractivity contribution in [1.29, 1.82) is 0 Å². The largest absolute Gasteiger partial charge is 0.316 e. The Balaban J connectivity index is 1.68. The zero-order valence-corrected chi connectivity index (χ0v) is 14.8. The van der Waals surface area contributed by atoms with E-state index >= 15 is 0 Å². The van der Waals surface area contributed by atoms with Crippen molar-refractivity contribution < 1.29 is 0 Å². The fraction of sp³-hybridized carbons (Fsp3) is 0.333. The molecule has 1 saturated heterocycles. The molecule has 3 aliphatic heterocycles. The molecule has 1 atom stereocenters. The molecule has 3 aliphatic rings. The molecule has 0 amide bonds. The van der Waals surface area contributed by atoms with E-state index in [9.17, 15) is 0 Å². The fourth-order valence-electron chi connectivity index (χ4n) is 3.43. The minimum Gasteiger partial charge on any atom is -0.316 e. The van der Waals surface area contributed by atoms with Gasteiger partial charge in [0.2, 0.25) is 0 Å². The lowest BCUT2D eigenvalue weighted by molar-refractivity contribution is 0.0996. The fourth-order valence-corrected chi connectivity index (χ4v) is 4.99. The van der Waals surface area contributed by atoms with Crippen LogP contribution in [0.15, 0.2) is 58.6 Å². The molecule has 0 bridgehead atoms. The quantitative estimate of drug-likeness (QED) is 0.717. The van der Waals surface area contributed by atoms with Gasteiger partial charge in [-0.25, -0.2) is 0 Å². The highest BCUT2D eigenvalue weighted by Gasteiger charge is 2.45. The van der Waals surface area contributed by atoms with Gasteiger partial charge in [0.05, 0.1) is 5.70 Å². The van der Waals surface area contributed by atoms with Crippen molar-refractivity contribution in [3.63, 3.8) is 0 Å². The topological polar surface area (TPSA) is 6.48 Å². The first kappa shape index (κ1) is 14.6. The Hall–Kier alpha value is -0.970. The molecule has 0 aliphatic carbocycles. The molecule has 0 spiro atoms. The van der Waals surface area contributed by atoms with Crippen LogP contribution in [-0.2, 0) is 0 Å². The molecule has 1 fully saturated rings. The second kappa shape index (κ2) is 5.91. The lowest BCUT2D eigenvalue weighted by Crippen LogP contribution is -2.54. The second-order valence-electron chi connectivity index (χ2n) is 5.90. The van der Waals surface area contributed by atoms with Crippen LogP contribution < -0.4 is 0 Å². The van der Waals surface area contributed by atoms with E-state index in [1.54, 1.807) is 0 Å². The molecule has 0 aromatic heterocycles. The third-order valence-corrected chi connectivity index (χ3v) is 6.37. The van der Waals surface area contributed by atoms with Crippen molar-refractivity contribution in [3.05, 3.63) is 64.1 Å². The van der Waals surface area contributed by atoms with Gasteiger partial charge < -0.3 is 4.90 Å². The molecule has 2 nitrogen and oxygen atoms in total. The summed E-state index contributed by atoms with van der Waals surface area (Å²) in [6.07, 6.45) is 12.9. The zero-order chi connectivity index (χ0) is 15.0. The number of hydrogen-bond acceptors (Lipinski definition) is 3.